The second kappa shape index (κ2) is 5.92. The number of nitrogens with two attached hydrogens (primary N) is 1. The van der Waals surface area contributed by atoms with E-state index in [9.17, 15) is 0 Å². The minimum atomic E-state index is 0.0642. The molecule has 0 bridgehead atoms. The molecular formula is C10H18N4O2S. The van der Waals surface area contributed by atoms with Gasteiger partial charge in [0.05, 0.1) is 11.3 Å². The third-order valence-electron chi connectivity index (χ3n) is 2.38. The third-order valence-corrected chi connectivity index (χ3v) is 3.71. The summed E-state index contributed by atoms with van der Waals surface area (Å²) in [4.78, 5) is 0. The predicted octanol–water partition coefficient (Wildman–Crippen LogP) is 0.686. The van der Waals surface area contributed by atoms with Gasteiger partial charge in [0.15, 0.2) is 5.84 Å². The molecule has 0 aliphatic carbocycles. The normalized spacial score (nSPS) is 14.0. The Morgan fingerprint density at radius 2 is 2.29 bits per heavy atom. The van der Waals surface area contributed by atoms with E-state index in [1.165, 1.54) is 0 Å². The third kappa shape index (κ3) is 3.13. The van der Waals surface area contributed by atoms with Crippen molar-refractivity contribution in [1.82, 2.24) is 9.78 Å². The molecule has 1 rings (SSSR count). The number of aliphatic hydroxyl groups is 1. The zero-order chi connectivity index (χ0) is 13.0. The molecule has 1 atom stereocenters. The predicted molar refractivity (Wildman–Crippen MR) is 67.5 cm³/mol. The summed E-state index contributed by atoms with van der Waals surface area (Å²) < 4.78 is 1.71. The molecule has 1 heterocycles. The van der Waals surface area contributed by atoms with Crippen LogP contribution in [0.25, 0.3) is 0 Å². The van der Waals surface area contributed by atoms with Crippen molar-refractivity contribution in [2.45, 2.75) is 30.5 Å². The summed E-state index contributed by atoms with van der Waals surface area (Å²) in [6.07, 6.45) is 0.685. The second-order valence-corrected chi connectivity index (χ2v) is 5.24. The van der Waals surface area contributed by atoms with Crippen molar-refractivity contribution in [3.05, 3.63) is 11.3 Å². The van der Waals surface area contributed by atoms with E-state index in [-0.39, 0.29) is 17.7 Å². The van der Waals surface area contributed by atoms with Gasteiger partial charge in [-0.05, 0) is 13.3 Å². The Balaban J connectivity index is 3.05. The van der Waals surface area contributed by atoms with Crippen molar-refractivity contribution >= 4 is 17.6 Å². The lowest BCUT2D eigenvalue weighted by atomic mass is 10.2. The van der Waals surface area contributed by atoms with Gasteiger partial charge in [-0.25, -0.2) is 0 Å². The number of aliphatic hydroxyl groups excluding tert-OH is 1. The van der Waals surface area contributed by atoms with Crippen LogP contribution < -0.4 is 5.73 Å². The molecule has 1 aromatic rings. The highest BCUT2D eigenvalue weighted by atomic mass is 32.2. The van der Waals surface area contributed by atoms with Crippen LogP contribution in [0.2, 0.25) is 0 Å². The first-order valence-electron chi connectivity index (χ1n) is 5.30. The van der Waals surface area contributed by atoms with E-state index >= 15 is 0 Å². The lowest BCUT2D eigenvalue weighted by molar-refractivity contribution is 0.289. The lowest BCUT2D eigenvalue weighted by Gasteiger charge is -2.11. The van der Waals surface area contributed by atoms with Crippen LogP contribution in [0.4, 0.5) is 0 Å². The fraction of sp³-hybridized carbons (Fsp3) is 0.600. The van der Waals surface area contributed by atoms with Crippen LogP contribution in [0.5, 0.6) is 0 Å². The van der Waals surface area contributed by atoms with Gasteiger partial charge in [-0.2, -0.15) is 5.10 Å². The maximum atomic E-state index is 8.89. The van der Waals surface area contributed by atoms with Crippen molar-refractivity contribution in [2.75, 3.05) is 6.61 Å². The van der Waals surface area contributed by atoms with Gasteiger partial charge < -0.3 is 16.0 Å². The van der Waals surface area contributed by atoms with Crippen molar-refractivity contribution in [2.24, 2.45) is 17.9 Å². The smallest absolute Gasteiger partial charge is 0.174 e. The second-order valence-electron chi connectivity index (χ2n) is 3.82. The minimum absolute atomic E-state index is 0.0642. The van der Waals surface area contributed by atoms with Gasteiger partial charge in [0.2, 0.25) is 0 Å². The van der Waals surface area contributed by atoms with Gasteiger partial charge in [0, 0.05) is 18.9 Å². The van der Waals surface area contributed by atoms with Gasteiger partial charge in [-0.1, -0.05) is 12.1 Å². The molecule has 1 aromatic heterocycles. The quantitative estimate of drug-likeness (QED) is 0.237. The molecule has 0 fully saturated rings. The number of rotatable bonds is 5. The molecule has 0 saturated carbocycles. The first-order valence-corrected chi connectivity index (χ1v) is 6.18. The monoisotopic (exact) mass is 258 g/mol. The topological polar surface area (TPSA) is 96.7 Å². The molecule has 4 N–H and O–H groups in total. The van der Waals surface area contributed by atoms with Crippen molar-refractivity contribution in [3.63, 3.8) is 0 Å². The van der Waals surface area contributed by atoms with Crippen molar-refractivity contribution in [3.8, 4) is 0 Å². The van der Waals surface area contributed by atoms with Crippen molar-refractivity contribution < 1.29 is 10.3 Å². The van der Waals surface area contributed by atoms with E-state index in [0.29, 0.717) is 12.0 Å². The van der Waals surface area contributed by atoms with Crippen LogP contribution in [-0.4, -0.2) is 37.8 Å². The lowest BCUT2D eigenvalue weighted by Crippen LogP contribution is -2.15. The number of hydrogen-bond donors (Lipinski definition) is 3. The Morgan fingerprint density at radius 3 is 2.82 bits per heavy atom. The summed E-state index contributed by atoms with van der Waals surface area (Å²) in [5.74, 6) is 0.0642. The molecule has 0 aliphatic heterocycles. The summed E-state index contributed by atoms with van der Waals surface area (Å²) in [6.45, 7) is 3.97. The van der Waals surface area contributed by atoms with E-state index in [1.54, 1.807) is 16.4 Å². The van der Waals surface area contributed by atoms with E-state index in [1.807, 2.05) is 20.9 Å². The first-order chi connectivity index (χ1) is 8.01. The van der Waals surface area contributed by atoms with Crippen LogP contribution in [0.15, 0.2) is 10.2 Å². The summed E-state index contributed by atoms with van der Waals surface area (Å²) in [7, 11) is 1.81. The number of thioether (sulfide) groups is 1. The molecule has 0 aromatic carbocycles. The SMILES string of the molecule is Cc1nn(C)c(SC(C)CCO)c1C(N)=NO. The number of hydrogen-bond acceptors (Lipinski definition) is 5. The Kier molecular flexibility index (Phi) is 4.83. The Labute approximate surface area is 104 Å². The molecule has 6 nitrogen and oxygen atoms in total. The summed E-state index contributed by atoms with van der Waals surface area (Å²) >= 11 is 1.55. The molecule has 17 heavy (non-hydrogen) atoms. The molecule has 0 amide bonds. The molecule has 0 radical (unpaired) electrons. The maximum Gasteiger partial charge on any atom is 0.174 e. The van der Waals surface area contributed by atoms with Gasteiger partial charge >= 0.3 is 0 Å². The summed E-state index contributed by atoms with van der Waals surface area (Å²) in [5.41, 5.74) is 7.02. The maximum absolute atomic E-state index is 8.89. The fourth-order valence-electron chi connectivity index (χ4n) is 1.55. The highest BCUT2D eigenvalue weighted by Crippen LogP contribution is 2.29. The van der Waals surface area contributed by atoms with E-state index in [0.717, 1.165) is 10.7 Å². The van der Waals surface area contributed by atoms with E-state index in [4.69, 9.17) is 16.0 Å². The number of oxime groups is 1. The van der Waals surface area contributed by atoms with Gasteiger partial charge in [-0.15, -0.1) is 11.8 Å². The molecule has 0 spiro atoms. The Hall–Kier alpha value is -1.21. The van der Waals surface area contributed by atoms with E-state index < -0.39 is 0 Å². The van der Waals surface area contributed by atoms with Crippen LogP contribution in [0.3, 0.4) is 0 Å². The van der Waals surface area contributed by atoms with Crippen LogP contribution in [-0.2, 0) is 7.05 Å². The average Bonchev–Trinajstić information content (AvgIpc) is 2.53. The highest BCUT2D eigenvalue weighted by Gasteiger charge is 2.19. The Bertz CT molecular complexity index is 417. The van der Waals surface area contributed by atoms with Crippen LogP contribution in [0, 0.1) is 6.92 Å². The number of aromatic nitrogens is 2. The zero-order valence-electron chi connectivity index (χ0n) is 10.2. The van der Waals surface area contributed by atoms with Crippen LogP contribution in [0.1, 0.15) is 24.6 Å². The van der Waals surface area contributed by atoms with Gasteiger partial charge in [0.1, 0.15) is 5.03 Å². The molecule has 0 aliphatic rings. The number of nitrogens with zero attached hydrogens (tertiary/aromatic N) is 3. The molecular weight excluding hydrogens is 240 g/mol. The molecule has 0 saturated heterocycles. The Morgan fingerprint density at radius 1 is 1.65 bits per heavy atom. The van der Waals surface area contributed by atoms with Gasteiger partial charge in [-0.3, -0.25) is 4.68 Å². The minimum Gasteiger partial charge on any atom is -0.409 e. The molecule has 7 heteroatoms. The standard InChI is InChI=1S/C10H18N4O2S/c1-6(4-5-15)17-10-8(9(11)13-16)7(2)12-14(10)3/h6,15-16H,4-5H2,1-3H3,(H2,11,13). The fourth-order valence-corrected chi connectivity index (χ4v) is 2.72. The first kappa shape index (κ1) is 13.9. The van der Waals surface area contributed by atoms with Crippen LogP contribution >= 0.6 is 11.8 Å². The average molecular weight is 258 g/mol. The van der Waals surface area contributed by atoms with Crippen molar-refractivity contribution in [1.29, 1.82) is 0 Å². The molecule has 96 valence electrons. The number of amidine groups is 1. The molecule has 1 unspecified atom stereocenters. The van der Waals surface area contributed by atoms with E-state index in [2.05, 4.69) is 10.3 Å². The van der Waals surface area contributed by atoms with Gasteiger partial charge in [0.25, 0.3) is 0 Å². The number of aryl methyl sites for hydroxylation is 2. The highest BCUT2D eigenvalue weighted by molar-refractivity contribution is 7.99. The zero-order valence-corrected chi connectivity index (χ0v) is 11.0. The summed E-state index contributed by atoms with van der Waals surface area (Å²) in [5, 5.41) is 26.0. The largest absolute Gasteiger partial charge is 0.409 e. The summed E-state index contributed by atoms with van der Waals surface area (Å²) in [6, 6.07) is 0.